The molecule has 0 spiro atoms. The molecule has 3 aromatic carbocycles. The van der Waals surface area contributed by atoms with Gasteiger partial charge in [0, 0.05) is 28.4 Å². The summed E-state index contributed by atoms with van der Waals surface area (Å²) in [4.78, 5) is 0. The van der Waals surface area contributed by atoms with E-state index in [4.69, 9.17) is 21.1 Å². The first-order chi connectivity index (χ1) is 15.0. The molecule has 0 bridgehead atoms. The van der Waals surface area contributed by atoms with Crippen LogP contribution in [0.25, 0.3) is 0 Å². The number of allylic oxidation sites excluding steroid dienone is 1. The van der Waals surface area contributed by atoms with Gasteiger partial charge in [-0.15, -0.1) is 6.58 Å². The van der Waals surface area contributed by atoms with Crippen LogP contribution in [0.1, 0.15) is 34.7 Å². The lowest BCUT2D eigenvalue weighted by atomic mass is 10.0. The Morgan fingerprint density at radius 3 is 2.48 bits per heavy atom. The van der Waals surface area contributed by atoms with Crippen LogP contribution in [0.2, 0.25) is 5.02 Å². The summed E-state index contributed by atoms with van der Waals surface area (Å²) in [6.45, 7) is 11.8. The Kier molecular flexibility index (Phi) is 8.02. The number of hydrogen-bond acceptors (Lipinski definition) is 3. The number of rotatable bonds is 10. The van der Waals surface area contributed by atoms with Crippen LogP contribution in [-0.4, -0.2) is 6.61 Å². The Labute approximate surface area is 190 Å². The Bertz CT molecular complexity index is 1050. The first kappa shape index (κ1) is 22.8. The summed E-state index contributed by atoms with van der Waals surface area (Å²) in [6, 6.07) is 18.3. The van der Waals surface area contributed by atoms with Gasteiger partial charge in [0.2, 0.25) is 0 Å². The lowest BCUT2D eigenvalue weighted by molar-refractivity contribution is 0.267. The first-order valence-electron chi connectivity index (χ1n) is 10.6. The summed E-state index contributed by atoms with van der Waals surface area (Å²) < 4.78 is 12.2. The number of ether oxygens (including phenoxy) is 2. The van der Waals surface area contributed by atoms with Gasteiger partial charge in [0.15, 0.2) is 11.5 Å². The SMILES string of the molecule is C=CCc1cc(CNc2ccc(C)c(C)c2)cc(OCC)c1OCc1ccccc1Cl. The van der Waals surface area contributed by atoms with Crippen LogP contribution in [0.15, 0.2) is 67.3 Å². The van der Waals surface area contributed by atoms with E-state index >= 15 is 0 Å². The largest absolute Gasteiger partial charge is 0.490 e. The smallest absolute Gasteiger partial charge is 0.165 e. The Morgan fingerprint density at radius 1 is 0.968 bits per heavy atom. The molecule has 0 heterocycles. The van der Waals surface area contributed by atoms with Gasteiger partial charge in [-0.1, -0.05) is 41.9 Å². The van der Waals surface area contributed by atoms with Gasteiger partial charge in [0.1, 0.15) is 6.61 Å². The van der Waals surface area contributed by atoms with Crippen molar-refractivity contribution in [2.45, 2.75) is 40.3 Å². The second-order valence-electron chi connectivity index (χ2n) is 7.54. The highest BCUT2D eigenvalue weighted by Crippen LogP contribution is 2.35. The maximum absolute atomic E-state index is 6.30. The fraction of sp³-hybridized carbons (Fsp3) is 0.259. The third-order valence-corrected chi connectivity index (χ3v) is 5.56. The molecule has 0 fully saturated rings. The van der Waals surface area contributed by atoms with Gasteiger partial charge in [-0.25, -0.2) is 0 Å². The van der Waals surface area contributed by atoms with Gasteiger partial charge >= 0.3 is 0 Å². The Morgan fingerprint density at radius 2 is 1.77 bits per heavy atom. The number of benzene rings is 3. The zero-order chi connectivity index (χ0) is 22.2. The normalized spacial score (nSPS) is 10.6. The van der Waals surface area contributed by atoms with Crippen molar-refractivity contribution in [1.29, 1.82) is 0 Å². The summed E-state index contributed by atoms with van der Waals surface area (Å²) in [6.07, 6.45) is 2.57. The van der Waals surface area contributed by atoms with E-state index in [2.05, 4.69) is 50.0 Å². The predicted molar refractivity (Wildman–Crippen MR) is 131 cm³/mol. The molecular formula is C27H30ClNO2. The lowest BCUT2D eigenvalue weighted by Gasteiger charge is -2.18. The Hall–Kier alpha value is -2.91. The van der Waals surface area contributed by atoms with Gasteiger partial charge in [-0.2, -0.15) is 0 Å². The van der Waals surface area contributed by atoms with E-state index in [-0.39, 0.29) is 0 Å². The molecule has 0 unspecified atom stereocenters. The van der Waals surface area contributed by atoms with E-state index in [1.54, 1.807) is 0 Å². The highest BCUT2D eigenvalue weighted by Gasteiger charge is 2.14. The van der Waals surface area contributed by atoms with Crippen LogP contribution in [0.4, 0.5) is 5.69 Å². The predicted octanol–water partition coefficient (Wildman–Crippen LogP) is 7.28. The molecule has 1 N–H and O–H groups in total. The van der Waals surface area contributed by atoms with E-state index in [0.29, 0.717) is 31.2 Å². The van der Waals surface area contributed by atoms with Gasteiger partial charge in [-0.05, 0) is 74.2 Å². The van der Waals surface area contributed by atoms with Crippen molar-refractivity contribution in [3.63, 3.8) is 0 Å². The third kappa shape index (κ3) is 6.05. The molecule has 0 aliphatic heterocycles. The lowest BCUT2D eigenvalue weighted by Crippen LogP contribution is -2.06. The van der Waals surface area contributed by atoms with Crippen molar-refractivity contribution >= 4 is 17.3 Å². The van der Waals surface area contributed by atoms with Crippen molar-refractivity contribution in [3.05, 3.63) is 100 Å². The molecule has 0 aliphatic carbocycles. The minimum atomic E-state index is 0.379. The number of hydrogen-bond donors (Lipinski definition) is 1. The number of anilines is 1. The molecule has 0 aliphatic rings. The molecule has 0 aromatic heterocycles. The standard InChI is InChI=1S/C27H30ClNO2/c1-5-9-22-15-21(17-29-24-13-12-19(3)20(4)14-24)16-26(30-6-2)27(22)31-18-23-10-7-8-11-25(23)28/h5,7-8,10-16,29H,1,6,9,17-18H2,2-4H3. The maximum atomic E-state index is 6.30. The average Bonchev–Trinajstić information content (AvgIpc) is 2.75. The third-order valence-electron chi connectivity index (χ3n) is 5.19. The van der Waals surface area contributed by atoms with Crippen molar-refractivity contribution in [1.82, 2.24) is 0 Å². The van der Waals surface area contributed by atoms with E-state index in [1.165, 1.54) is 11.1 Å². The number of nitrogens with one attached hydrogen (secondary N) is 1. The second kappa shape index (κ2) is 10.9. The zero-order valence-electron chi connectivity index (χ0n) is 18.5. The molecule has 3 nitrogen and oxygen atoms in total. The average molecular weight is 436 g/mol. The Balaban J connectivity index is 1.85. The molecule has 0 radical (unpaired) electrons. The monoisotopic (exact) mass is 435 g/mol. The molecule has 0 atom stereocenters. The highest BCUT2D eigenvalue weighted by atomic mass is 35.5. The molecule has 0 saturated carbocycles. The quantitative estimate of drug-likeness (QED) is 0.339. The topological polar surface area (TPSA) is 30.5 Å². The van der Waals surface area contributed by atoms with Crippen LogP contribution in [-0.2, 0) is 19.6 Å². The molecular weight excluding hydrogens is 406 g/mol. The molecule has 0 saturated heterocycles. The minimum absolute atomic E-state index is 0.379. The molecule has 162 valence electrons. The maximum Gasteiger partial charge on any atom is 0.165 e. The van der Waals surface area contributed by atoms with Gasteiger partial charge in [0.25, 0.3) is 0 Å². The van der Waals surface area contributed by atoms with E-state index in [0.717, 1.165) is 33.9 Å². The molecule has 3 rings (SSSR count). The molecule has 3 aromatic rings. The summed E-state index contributed by atoms with van der Waals surface area (Å²) in [5.41, 5.74) is 6.78. The van der Waals surface area contributed by atoms with Crippen LogP contribution in [0.3, 0.4) is 0 Å². The summed E-state index contributed by atoms with van der Waals surface area (Å²) >= 11 is 6.30. The summed E-state index contributed by atoms with van der Waals surface area (Å²) in [5, 5.41) is 4.21. The highest BCUT2D eigenvalue weighted by molar-refractivity contribution is 6.31. The van der Waals surface area contributed by atoms with Crippen LogP contribution in [0, 0.1) is 13.8 Å². The van der Waals surface area contributed by atoms with E-state index in [1.807, 2.05) is 43.3 Å². The molecule has 4 heteroatoms. The van der Waals surface area contributed by atoms with E-state index in [9.17, 15) is 0 Å². The minimum Gasteiger partial charge on any atom is -0.490 e. The zero-order valence-corrected chi connectivity index (χ0v) is 19.3. The fourth-order valence-electron chi connectivity index (χ4n) is 3.38. The van der Waals surface area contributed by atoms with E-state index < -0.39 is 0 Å². The van der Waals surface area contributed by atoms with Crippen LogP contribution >= 0.6 is 11.6 Å². The number of aryl methyl sites for hydroxylation is 2. The summed E-state index contributed by atoms with van der Waals surface area (Å²) in [5.74, 6) is 1.49. The van der Waals surface area contributed by atoms with Gasteiger partial charge in [-0.3, -0.25) is 0 Å². The fourth-order valence-corrected chi connectivity index (χ4v) is 3.57. The number of halogens is 1. The van der Waals surface area contributed by atoms with Crippen molar-refractivity contribution in [3.8, 4) is 11.5 Å². The second-order valence-corrected chi connectivity index (χ2v) is 7.95. The van der Waals surface area contributed by atoms with Crippen LogP contribution in [0.5, 0.6) is 11.5 Å². The van der Waals surface area contributed by atoms with Gasteiger partial charge < -0.3 is 14.8 Å². The van der Waals surface area contributed by atoms with Crippen LogP contribution < -0.4 is 14.8 Å². The van der Waals surface area contributed by atoms with Crippen molar-refractivity contribution < 1.29 is 9.47 Å². The molecule has 31 heavy (non-hydrogen) atoms. The summed E-state index contributed by atoms with van der Waals surface area (Å²) in [7, 11) is 0. The van der Waals surface area contributed by atoms with Crippen molar-refractivity contribution in [2.75, 3.05) is 11.9 Å². The van der Waals surface area contributed by atoms with Crippen molar-refractivity contribution in [2.24, 2.45) is 0 Å². The van der Waals surface area contributed by atoms with Gasteiger partial charge in [0.05, 0.1) is 6.61 Å². The molecule has 0 amide bonds. The first-order valence-corrected chi connectivity index (χ1v) is 11.0.